The first-order valence-corrected chi connectivity index (χ1v) is 7.15. The third-order valence-electron chi connectivity index (χ3n) is 3.34. The van der Waals surface area contributed by atoms with Gasteiger partial charge in [0.1, 0.15) is 17.2 Å². The molecule has 0 aliphatic carbocycles. The van der Waals surface area contributed by atoms with E-state index in [1.54, 1.807) is 37.4 Å². The van der Waals surface area contributed by atoms with Crippen LogP contribution in [0, 0.1) is 5.82 Å². The van der Waals surface area contributed by atoms with E-state index in [4.69, 9.17) is 27.6 Å². The van der Waals surface area contributed by atoms with E-state index in [-0.39, 0.29) is 11.9 Å². The van der Waals surface area contributed by atoms with Crippen molar-refractivity contribution >= 4 is 34.2 Å². The van der Waals surface area contributed by atoms with Gasteiger partial charge in [0.2, 0.25) is 0 Å². The van der Waals surface area contributed by atoms with Crippen LogP contribution in [0.1, 0.15) is 17.4 Å². The standard InChI is InChI=1S/C16H12Cl2FNO/c1-20-16(12-8-10(17)2-4-13(12)18)15-7-9-6-11(19)3-5-14(9)21-15/h2-8,16,20H,1H3. The monoisotopic (exact) mass is 323 g/mol. The molecular weight excluding hydrogens is 312 g/mol. The molecule has 2 aromatic carbocycles. The van der Waals surface area contributed by atoms with Crippen LogP contribution in [0.25, 0.3) is 11.0 Å². The van der Waals surface area contributed by atoms with E-state index in [0.29, 0.717) is 26.8 Å². The summed E-state index contributed by atoms with van der Waals surface area (Å²) in [4.78, 5) is 0. The third kappa shape index (κ3) is 2.77. The molecule has 3 rings (SSSR count). The first kappa shape index (κ1) is 14.4. The van der Waals surface area contributed by atoms with Gasteiger partial charge in [0.25, 0.3) is 0 Å². The number of hydrogen-bond acceptors (Lipinski definition) is 2. The lowest BCUT2D eigenvalue weighted by atomic mass is 10.0. The fraction of sp³-hybridized carbons (Fsp3) is 0.125. The maximum Gasteiger partial charge on any atom is 0.134 e. The van der Waals surface area contributed by atoms with Gasteiger partial charge in [-0.05, 0) is 55.1 Å². The smallest absolute Gasteiger partial charge is 0.134 e. The highest BCUT2D eigenvalue weighted by molar-refractivity contribution is 6.33. The molecule has 0 amide bonds. The summed E-state index contributed by atoms with van der Waals surface area (Å²) in [6.45, 7) is 0. The van der Waals surface area contributed by atoms with Crippen molar-refractivity contribution in [2.24, 2.45) is 0 Å². The Balaban J connectivity index is 2.11. The van der Waals surface area contributed by atoms with Gasteiger partial charge in [-0.3, -0.25) is 0 Å². The van der Waals surface area contributed by atoms with Gasteiger partial charge in [-0.15, -0.1) is 0 Å². The molecule has 0 radical (unpaired) electrons. The van der Waals surface area contributed by atoms with Crippen molar-refractivity contribution in [2.45, 2.75) is 6.04 Å². The van der Waals surface area contributed by atoms with E-state index in [2.05, 4.69) is 5.32 Å². The lowest BCUT2D eigenvalue weighted by molar-refractivity contribution is 0.491. The predicted octanol–water partition coefficient (Wildman–Crippen LogP) is 5.19. The molecule has 1 N–H and O–H groups in total. The van der Waals surface area contributed by atoms with Crippen LogP contribution in [0.15, 0.2) is 46.9 Å². The second-order valence-corrected chi connectivity index (χ2v) is 5.56. The van der Waals surface area contributed by atoms with E-state index < -0.39 is 0 Å². The lowest BCUT2D eigenvalue weighted by Crippen LogP contribution is -2.17. The van der Waals surface area contributed by atoms with Gasteiger partial charge in [0.15, 0.2) is 0 Å². The molecule has 0 saturated carbocycles. The average Bonchev–Trinajstić information content (AvgIpc) is 2.86. The molecule has 3 aromatic rings. The number of rotatable bonds is 3. The molecule has 0 bridgehead atoms. The fourth-order valence-corrected chi connectivity index (χ4v) is 2.77. The summed E-state index contributed by atoms with van der Waals surface area (Å²) in [6.07, 6.45) is 0. The molecule has 0 aliphatic heterocycles. The summed E-state index contributed by atoms with van der Waals surface area (Å²) in [5.74, 6) is 0.360. The third-order valence-corrected chi connectivity index (χ3v) is 3.92. The molecule has 108 valence electrons. The van der Waals surface area contributed by atoms with Crippen LogP contribution in [-0.4, -0.2) is 7.05 Å². The Kier molecular flexibility index (Phi) is 3.89. The van der Waals surface area contributed by atoms with Gasteiger partial charge in [0, 0.05) is 15.4 Å². The van der Waals surface area contributed by atoms with Crippen LogP contribution in [0.3, 0.4) is 0 Å². The Morgan fingerprint density at radius 1 is 1.10 bits per heavy atom. The Labute approximate surface area is 131 Å². The molecule has 21 heavy (non-hydrogen) atoms. The van der Waals surface area contributed by atoms with Gasteiger partial charge in [-0.1, -0.05) is 23.2 Å². The highest BCUT2D eigenvalue weighted by Crippen LogP contribution is 2.33. The number of benzene rings is 2. The van der Waals surface area contributed by atoms with Gasteiger partial charge in [0.05, 0.1) is 6.04 Å². The van der Waals surface area contributed by atoms with E-state index in [9.17, 15) is 4.39 Å². The van der Waals surface area contributed by atoms with E-state index in [1.165, 1.54) is 12.1 Å². The molecule has 0 aliphatic rings. The first-order chi connectivity index (χ1) is 10.1. The van der Waals surface area contributed by atoms with Crippen molar-refractivity contribution in [3.05, 3.63) is 69.7 Å². The molecule has 2 nitrogen and oxygen atoms in total. The first-order valence-electron chi connectivity index (χ1n) is 6.39. The van der Waals surface area contributed by atoms with Crippen molar-refractivity contribution in [1.82, 2.24) is 5.32 Å². The van der Waals surface area contributed by atoms with Crippen LogP contribution in [-0.2, 0) is 0 Å². The SMILES string of the molecule is CNC(c1cc2cc(F)ccc2o1)c1cc(Cl)ccc1Cl. The molecule has 5 heteroatoms. The molecule has 0 saturated heterocycles. The molecule has 0 spiro atoms. The quantitative estimate of drug-likeness (QED) is 0.717. The highest BCUT2D eigenvalue weighted by atomic mass is 35.5. The Morgan fingerprint density at radius 2 is 1.90 bits per heavy atom. The van der Waals surface area contributed by atoms with Crippen LogP contribution in [0.5, 0.6) is 0 Å². The average molecular weight is 324 g/mol. The van der Waals surface area contributed by atoms with E-state index in [0.717, 1.165) is 5.56 Å². The summed E-state index contributed by atoms with van der Waals surface area (Å²) >= 11 is 12.3. The van der Waals surface area contributed by atoms with Crippen LogP contribution < -0.4 is 5.32 Å². The zero-order chi connectivity index (χ0) is 15.0. The second kappa shape index (κ2) is 5.68. The molecule has 1 aromatic heterocycles. The fourth-order valence-electron chi connectivity index (χ4n) is 2.36. The Bertz CT molecular complexity index is 800. The second-order valence-electron chi connectivity index (χ2n) is 4.72. The normalized spacial score (nSPS) is 12.8. The van der Waals surface area contributed by atoms with Crippen molar-refractivity contribution in [2.75, 3.05) is 7.05 Å². The molecule has 1 atom stereocenters. The molecular formula is C16H12Cl2FNO. The minimum absolute atomic E-state index is 0.258. The summed E-state index contributed by atoms with van der Waals surface area (Å²) < 4.78 is 19.1. The van der Waals surface area contributed by atoms with Gasteiger partial charge >= 0.3 is 0 Å². The molecule has 1 unspecified atom stereocenters. The lowest BCUT2D eigenvalue weighted by Gasteiger charge is -2.15. The van der Waals surface area contributed by atoms with Crippen LogP contribution in [0.4, 0.5) is 4.39 Å². The molecule has 0 fully saturated rings. The summed E-state index contributed by atoms with van der Waals surface area (Å²) in [7, 11) is 1.80. The van der Waals surface area contributed by atoms with Gasteiger partial charge in [-0.2, -0.15) is 0 Å². The van der Waals surface area contributed by atoms with Crippen molar-refractivity contribution in [1.29, 1.82) is 0 Å². The number of halogens is 3. The van der Waals surface area contributed by atoms with Crippen molar-refractivity contribution < 1.29 is 8.81 Å². The minimum atomic E-state index is -0.295. The maximum atomic E-state index is 13.3. The van der Waals surface area contributed by atoms with Crippen molar-refractivity contribution in [3.63, 3.8) is 0 Å². The predicted molar refractivity (Wildman–Crippen MR) is 83.5 cm³/mol. The van der Waals surface area contributed by atoms with Crippen molar-refractivity contribution in [3.8, 4) is 0 Å². The number of furan rings is 1. The van der Waals surface area contributed by atoms with E-state index in [1.807, 2.05) is 0 Å². The van der Waals surface area contributed by atoms with Gasteiger partial charge in [-0.25, -0.2) is 4.39 Å². The zero-order valence-electron chi connectivity index (χ0n) is 11.2. The van der Waals surface area contributed by atoms with E-state index >= 15 is 0 Å². The Hall–Kier alpha value is -1.55. The van der Waals surface area contributed by atoms with Crippen LogP contribution >= 0.6 is 23.2 Å². The van der Waals surface area contributed by atoms with Crippen LogP contribution in [0.2, 0.25) is 10.0 Å². The summed E-state index contributed by atoms with van der Waals surface area (Å²) in [5.41, 5.74) is 1.44. The Morgan fingerprint density at radius 3 is 2.67 bits per heavy atom. The summed E-state index contributed by atoms with van der Waals surface area (Å²) in [5, 5.41) is 5.04. The molecule has 1 heterocycles. The summed E-state index contributed by atoms with van der Waals surface area (Å²) in [6, 6.07) is 11.2. The number of fused-ring (bicyclic) bond motifs is 1. The zero-order valence-corrected chi connectivity index (χ0v) is 12.7. The number of nitrogens with one attached hydrogen (secondary N) is 1. The maximum absolute atomic E-state index is 13.3. The largest absolute Gasteiger partial charge is 0.459 e. The topological polar surface area (TPSA) is 25.2 Å². The minimum Gasteiger partial charge on any atom is -0.459 e. The number of hydrogen-bond donors (Lipinski definition) is 1. The highest BCUT2D eigenvalue weighted by Gasteiger charge is 2.20. The van der Waals surface area contributed by atoms with Gasteiger partial charge < -0.3 is 9.73 Å².